The number of thiocarbonyl (C=S) groups is 1. The van der Waals surface area contributed by atoms with Crippen LogP contribution in [-0.4, -0.2) is 65.9 Å². The van der Waals surface area contributed by atoms with E-state index in [9.17, 15) is 18.0 Å². The van der Waals surface area contributed by atoms with E-state index in [1.165, 1.54) is 19.4 Å². The molecule has 1 saturated carbocycles. The number of aromatic nitrogens is 1. The summed E-state index contributed by atoms with van der Waals surface area (Å²) in [5, 5.41) is 9.50. The standard InChI is InChI=1S/C27H28F3N5O3S/c1-37-24(36)16-33-11-7-21(8-12-33)38-20-5-3-18(4-6-20)35-25(39)34(17-26(35)9-2-10-26)19-13-22(27(28,29)30)23(14-31)32-15-19/h3-6,13,15,21H,2,7-12,16-17H2,1H3. The summed E-state index contributed by atoms with van der Waals surface area (Å²) in [7, 11) is 1.38. The average molecular weight is 560 g/mol. The molecule has 1 aliphatic carbocycles. The monoisotopic (exact) mass is 559 g/mol. The van der Waals surface area contributed by atoms with E-state index in [1.54, 1.807) is 4.90 Å². The van der Waals surface area contributed by atoms with Gasteiger partial charge in [-0.2, -0.15) is 18.4 Å². The molecule has 0 amide bonds. The highest BCUT2D eigenvalue weighted by Gasteiger charge is 2.52. The quantitative estimate of drug-likeness (QED) is 0.375. The summed E-state index contributed by atoms with van der Waals surface area (Å²) >= 11 is 5.80. The van der Waals surface area contributed by atoms with Crippen LogP contribution in [0.1, 0.15) is 43.4 Å². The van der Waals surface area contributed by atoms with Crippen LogP contribution in [0, 0.1) is 11.3 Å². The number of carbonyl (C=O) groups excluding carboxylic acids is 1. The van der Waals surface area contributed by atoms with Crippen LogP contribution in [-0.2, 0) is 15.7 Å². The van der Waals surface area contributed by atoms with Crippen molar-refractivity contribution < 1.29 is 27.4 Å². The zero-order valence-electron chi connectivity index (χ0n) is 21.4. The fourth-order valence-corrected chi connectivity index (χ4v) is 5.98. The van der Waals surface area contributed by atoms with Crippen molar-refractivity contribution >= 4 is 34.7 Å². The summed E-state index contributed by atoms with van der Waals surface area (Å²) in [5.74, 6) is 0.477. The smallest absolute Gasteiger partial charge is 0.419 e. The van der Waals surface area contributed by atoms with E-state index in [0.717, 1.165) is 62.7 Å². The summed E-state index contributed by atoms with van der Waals surface area (Å²) < 4.78 is 51.6. The molecule has 0 unspecified atom stereocenters. The third kappa shape index (κ3) is 5.38. The molecular formula is C27H28F3N5O3S. The number of alkyl halides is 3. The van der Waals surface area contributed by atoms with Crippen LogP contribution in [0.15, 0.2) is 36.5 Å². The first-order chi connectivity index (χ1) is 18.6. The summed E-state index contributed by atoms with van der Waals surface area (Å²) in [5.41, 5.74) is -0.961. The van der Waals surface area contributed by atoms with Crippen molar-refractivity contribution in [3.8, 4) is 11.8 Å². The molecule has 3 heterocycles. The minimum Gasteiger partial charge on any atom is -0.490 e. The van der Waals surface area contributed by atoms with Gasteiger partial charge in [0.05, 0.1) is 36.6 Å². The highest BCUT2D eigenvalue weighted by Crippen LogP contribution is 2.47. The summed E-state index contributed by atoms with van der Waals surface area (Å²) in [6.07, 6.45) is 0.946. The van der Waals surface area contributed by atoms with Crippen LogP contribution in [0.4, 0.5) is 24.5 Å². The van der Waals surface area contributed by atoms with Crippen molar-refractivity contribution in [1.82, 2.24) is 9.88 Å². The number of methoxy groups -OCH3 is 1. The van der Waals surface area contributed by atoms with Gasteiger partial charge in [0.25, 0.3) is 0 Å². The number of pyridine rings is 1. The van der Waals surface area contributed by atoms with Gasteiger partial charge < -0.3 is 19.3 Å². The number of halogens is 3. The number of nitriles is 1. The lowest BCUT2D eigenvalue weighted by atomic mass is 9.76. The maximum absolute atomic E-state index is 13.6. The first kappa shape index (κ1) is 27.1. The molecule has 2 aromatic rings. The lowest BCUT2D eigenvalue weighted by Gasteiger charge is -2.45. The average Bonchev–Trinajstić information content (AvgIpc) is 3.23. The fourth-order valence-electron chi connectivity index (χ4n) is 5.51. The lowest BCUT2D eigenvalue weighted by molar-refractivity contribution is -0.142. The number of benzene rings is 1. The number of nitrogens with zero attached hydrogens (tertiary/aromatic N) is 5. The zero-order chi connectivity index (χ0) is 27.8. The lowest BCUT2D eigenvalue weighted by Crippen LogP contribution is -2.52. The van der Waals surface area contributed by atoms with Gasteiger partial charge in [-0.05, 0) is 74.7 Å². The Balaban J connectivity index is 1.30. The molecule has 3 fully saturated rings. The molecule has 1 spiro atoms. The Bertz CT molecular complexity index is 1290. The molecule has 0 atom stereocenters. The number of rotatable bonds is 6. The Kier molecular flexibility index (Phi) is 7.39. The molecule has 206 valence electrons. The molecule has 3 aliphatic rings. The maximum Gasteiger partial charge on any atom is 0.419 e. The van der Waals surface area contributed by atoms with Gasteiger partial charge in [-0.3, -0.25) is 9.69 Å². The van der Waals surface area contributed by atoms with Crippen LogP contribution in [0.25, 0.3) is 0 Å². The number of hydrogen-bond donors (Lipinski definition) is 0. The van der Waals surface area contributed by atoms with Crippen molar-refractivity contribution in [3.05, 3.63) is 47.8 Å². The van der Waals surface area contributed by atoms with Gasteiger partial charge in [0, 0.05) is 25.3 Å². The number of anilines is 2. The van der Waals surface area contributed by atoms with E-state index < -0.39 is 17.4 Å². The van der Waals surface area contributed by atoms with Gasteiger partial charge in [0.2, 0.25) is 0 Å². The van der Waals surface area contributed by atoms with E-state index in [4.69, 9.17) is 27.0 Å². The predicted molar refractivity (Wildman–Crippen MR) is 142 cm³/mol. The van der Waals surface area contributed by atoms with Gasteiger partial charge in [-0.25, -0.2) is 4.98 Å². The van der Waals surface area contributed by atoms with Gasteiger partial charge >= 0.3 is 12.1 Å². The first-order valence-electron chi connectivity index (χ1n) is 12.8. The molecule has 0 radical (unpaired) electrons. The molecule has 0 N–H and O–H groups in total. The normalized spacial score (nSPS) is 19.6. The van der Waals surface area contributed by atoms with Gasteiger partial charge in [0.1, 0.15) is 17.9 Å². The number of ether oxygens (including phenoxy) is 2. The van der Waals surface area contributed by atoms with Gasteiger partial charge in [-0.1, -0.05) is 0 Å². The predicted octanol–water partition coefficient (Wildman–Crippen LogP) is 4.52. The SMILES string of the molecule is COC(=O)CN1CCC(Oc2ccc(N3C(=S)N(c4cnc(C#N)c(C(F)(F)F)c4)CC34CCC4)cc2)CC1. The second-order valence-electron chi connectivity index (χ2n) is 10.1. The Hall–Kier alpha value is -3.43. The molecule has 2 aliphatic heterocycles. The second kappa shape index (κ2) is 10.6. The summed E-state index contributed by atoms with van der Waals surface area (Å²) in [6, 6.07) is 10.1. The molecule has 0 bridgehead atoms. The summed E-state index contributed by atoms with van der Waals surface area (Å²) in [6.45, 7) is 2.22. The number of hydrogen-bond acceptors (Lipinski definition) is 7. The van der Waals surface area contributed by atoms with E-state index >= 15 is 0 Å². The number of likely N-dealkylation sites (tertiary alicyclic amines) is 1. The highest BCUT2D eigenvalue weighted by atomic mass is 32.1. The van der Waals surface area contributed by atoms with Crippen molar-refractivity contribution in [2.45, 2.75) is 49.9 Å². The van der Waals surface area contributed by atoms with Crippen molar-refractivity contribution in [2.75, 3.05) is 43.1 Å². The van der Waals surface area contributed by atoms with Crippen molar-refractivity contribution in [2.24, 2.45) is 0 Å². The molecular weight excluding hydrogens is 531 g/mol. The Morgan fingerprint density at radius 1 is 1.21 bits per heavy atom. The topological polar surface area (TPSA) is 81.9 Å². The Morgan fingerprint density at radius 3 is 2.46 bits per heavy atom. The molecule has 2 saturated heterocycles. The van der Waals surface area contributed by atoms with Gasteiger partial charge in [-0.15, -0.1) is 0 Å². The second-order valence-corrected chi connectivity index (χ2v) is 10.5. The highest BCUT2D eigenvalue weighted by molar-refractivity contribution is 7.80. The van der Waals surface area contributed by atoms with Gasteiger partial charge in [0.15, 0.2) is 10.8 Å². The molecule has 39 heavy (non-hydrogen) atoms. The van der Waals surface area contributed by atoms with E-state index in [0.29, 0.717) is 11.7 Å². The third-order valence-electron chi connectivity index (χ3n) is 7.74. The van der Waals surface area contributed by atoms with E-state index in [-0.39, 0.29) is 29.8 Å². The minimum atomic E-state index is -4.70. The molecule has 5 rings (SSSR count). The molecule has 12 heteroatoms. The maximum atomic E-state index is 13.6. The molecule has 1 aromatic heterocycles. The van der Waals surface area contributed by atoms with Crippen LogP contribution < -0.4 is 14.5 Å². The van der Waals surface area contributed by atoms with Crippen LogP contribution in [0.2, 0.25) is 0 Å². The minimum absolute atomic E-state index is 0.0396. The van der Waals surface area contributed by atoms with E-state index in [1.807, 2.05) is 34.1 Å². The van der Waals surface area contributed by atoms with Crippen LogP contribution >= 0.6 is 12.2 Å². The number of carbonyl (C=O) groups is 1. The van der Waals surface area contributed by atoms with Crippen molar-refractivity contribution in [3.63, 3.8) is 0 Å². The largest absolute Gasteiger partial charge is 0.490 e. The Labute approximate surface area is 229 Å². The first-order valence-corrected chi connectivity index (χ1v) is 13.2. The molecule has 1 aromatic carbocycles. The zero-order valence-corrected chi connectivity index (χ0v) is 22.2. The van der Waals surface area contributed by atoms with E-state index in [2.05, 4.69) is 4.98 Å². The summed E-state index contributed by atoms with van der Waals surface area (Å²) in [4.78, 5) is 21.0. The number of esters is 1. The third-order valence-corrected chi connectivity index (χ3v) is 8.15. The number of piperidine rings is 1. The fraction of sp³-hybridized carbons (Fsp3) is 0.481. The molecule has 8 nitrogen and oxygen atoms in total. The van der Waals surface area contributed by atoms with Crippen LogP contribution in [0.5, 0.6) is 5.75 Å². The Morgan fingerprint density at radius 2 is 1.90 bits per heavy atom. The van der Waals surface area contributed by atoms with Crippen LogP contribution in [0.3, 0.4) is 0 Å². The van der Waals surface area contributed by atoms with Crippen molar-refractivity contribution in [1.29, 1.82) is 5.26 Å².